The highest BCUT2D eigenvalue weighted by molar-refractivity contribution is 7.89. The average molecular weight is 268 g/mol. The Kier molecular flexibility index (Phi) is 3.68. The molecule has 98 valence electrons. The molecule has 18 heavy (non-hydrogen) atoms. The van der Waals surface area contributed by atoms with Gasteiger partial charge in [0, 0.05) is 6.54 Å². The van der Waals surface area contributed by atoms with Crippen molar-refractivity contribution in [2.75, 3.05) is 6.54 Å². The van der Waals surface area contributed by atoms with E-state index in [4.69, 9.17) is 0 Å². The Bertz CT molecular complexity index is 554. The van der Waals surface area contributed by atoms with E-state index in [-0.39, 0.29) is 10.8 Å². The number of hydrogen-bond donors (Lipinski definition) is 2. The molecule has 0 bridgehead atoms. The number of hydrogen-bond acceptors (Lipinski definition) is 3. The topological polar surface area (TPSA) is 75.3 Å². The molecule has 1 aromatic carbocycles. The summed E-state index contributed by atoms with van der Waals surface area (Å²) in [7, 11) is -3.63. The molecule has 2 rings (SSSR count). The van der Waals surface area contributed by atoms with Crippen molar-refractivity contribution in [2.24, 2.45) is 0 Å². The van der Waals surface area contributed by atoms with Gasteiger partial charge in [0.25, 0.3) is 0 Å². The van der Waals surface area contributed by atoms with Crippen LogP contribution in [-0.4, -0.2) is 26.9 Å². The Morgan fingerprint density at radius 3 is 2.72 bits per heavy atom. The van der Waals surface area contributed by atoms with Gasteiger partial charge >= 0.3 is 0 Å². The van der Waals surface area contributed by atoms with E-state index < -0.39 is 16.1 Å². The summed E-state index contributed by atoms with van der Waals surface area (Å²) in [5, 5.41) is 2.65. The maximum absolute atomic E-state index is 12.2. The van der Waals surface area contributed by atoms with Crippen molar-refractivity contribution in [2.45, 2.75) is 30.7 Å². The molecule has 0 aromatic heterocycles. The molecule has 6 heteroatoms. The van der Waals surface area contributed by atoms with Gasteiger partial charge < -0.3 is 5.32 Å². The van der Waals surface area contributed by atoms with E-state index >= 15 is 0 Å². The van der Waals surface area contributed by atoms with Gasteiger partial charge in [-0.05, 0) is 31.4 Å². The van der Waals surface area contributed by atoms with Crippen molar-refractivity contribution in [3.63, 3.8) is 0 Å². The lowest BCUT2D eigenvalue weighted by Gasteiger charge is -2.23. The fourth-order valence-electron chi connectivity index (χ4n) is 1.99. The minimum absolute atomic E-state index is 0.225. The lowest BCUT2D eigenvalue weighted by molar-refractivity contribution is -0.124. The molecule has 2 N–H and O–H groups in total. The molecule has 1 unspecified atom stereocenters. The van der Waals surface area contributed by atoms with Crippen molar-refractivity contribution in [1.82, 2.24) is 10.0 Å². The van der Waals surface area contributed by atoms with Crippen LogP contribution in [0.1, 0.15) is 18.4 Å². The van der Waals surface area contributed by atoms with E-state index in [1.165, 1.54) is 0 Å². The maximum atomic E-state index is 12.2. The number of sulfonamides is 1. The van der Waals surface area contributed by atoms with Crippen LogP contribution in [0.15, 0.2) is 29.2 Å². The van der Waals surface area contributed by atoms with Crippen LogP contribution in [-0.2, 0) is 14.8 Å². The summed E-state index contributed by atoms with van der Waals surface area (Å²) in [6, 6.07) is 6.06. The molecule has 1 heterocycles. The number of nitrogens with one attached hydrogen (secondary N) is 2. The third-order valence-electron chi connectivity index (χ3n) is 2.97. The van der Waals surface area contributed by atoms with Crippen molar-refractivity contribution in [1.29, 1.82) is 0 Å². The van der Waals surface area contributed by atoms with Gasteiger partial charge in [-0.25, -0.2) is 8.42 Å². The number of aryl methyl sites for hydroxylation is 1. The first-order valence-corrected chi connectivity index (χ1v) is 7.35. The van der Waals surface area contributed by atoms with Crippen LogP contribution in [0, 0.1) is 6.92 Å². The summed E-state index contributed by atoms with van der Waals surface area (Å²) >= 11 is 0. The summed E-state index contributed by atoms with van der Waals surface area (Å²) in [4.78, 5) is 11.8. The van der Waals surface area contributed by atoms with E-state index in [2.05, 4.69) is 10.0 Å². The molecule has 0 spiro atoms. The highest BCUT2D eigenvalue weighted by Gasteiger charge is 2.28. The van der Waals surface area contributed by atoms with Crippen LogP contribution in [0.4, 0.5) is 0 Å². The van der Waals surface area contributed by atoms with Crippen molar-refractivity contribution in [3.05, 3.63) is 29.8 Å². The lowest BCUT2D eigenvalue weighted by Crippen LogP contribution is -2.50. The largest absolute Gasteiger partial charge is 0.355 e. The summed E-state index contributed by atoms with van der Waals surface area (Å²) in [6.07, 6.45) is 1.32. The van der Waals surface area contributed by atoms with Crippen LogP contribution >= 0.6 is 0 Å². The Morgan fingerprint density at radius 1 is 1.33 bits per heavy atom. The summed E-state index contributed by atoms with van der Waals surface area (Å²) in [5.41, 5.74) is 0.668. The Hall–Kier alpha value is -1.40. The number of rotatable bonds is 3. The first kappa shape index (κ1) is 13.0. The minimum Gasteiger partial charge on any atom is -0.355 e. The summed E-state index contributed by atoms with van der Waals surface area (Å²) < 4.78 is 26.8. The van der Waals surface area contributed by atoms with E-state index in [9.17, 15) is 13.2 Å². The second-order valence-electron chi connectivity index (χ2n) is 4.37. The molecule has 5 nitrogen and oxygen atoms in total. The first-order chi connectivity index (χ1) is 8.50. The van der Waals surface area contributed by atoms with Crippen molar-refractivity contribution in [3.8, 4) is 0 Å². The zero-order valence-corrected chi connectivity index (χ0v) is 11.0. The molecule has 1 amide bonds. The van der Waals surface area contributed by atoms with Crippen LogP contribution in [0.3, 0.4) is 0 Å². The highest BCUT2D eigenvalue weighted by atomic mass is 32.2. The second kappa shape index (κ2) is 5.07. The Morgan fingerprint density at radius 2 is 2.06 bits per heavy atom. The lowest BCUT2D eigenvalue weighted by atomic mass is 10.1. The van der Waals surface area contributed by atoms with Crippen LogP contribution < -0.4 is 10.0 Å². The van der Waals surface area contributed by atoms with E-state index in [0.29, 0.717) is 18.5 Å². The number of benzene rings is 1. The summed E-state index contributed by atoms with van der Waals surface area (Å²) in [6.45, 7) is 2.34. The summed E-state index contributed by atoms with van der Waals surface area (Å²) in [5.74, 6) is -0.251. The highest BCUT2D eigenvalue weighted by Crippen LogP contribution is 2.15. The molecule has 1 saturated heterocycles. The van der Waals surface area contributed by atoms with Crippen LogP contribution in [0.25, 0.3) is 0 Å². The average Bonchev–Trinajstić information content (AvgIpc) is 2.32. The number of amides is 1. The van der Waals surface area contributed by atoms with Gasteiger partial charge in [0.15, 0.2) is 0 Å². The maximum Gasteiger partial charge on any atom is 0.241 e. The fourth-order valence-corrected chi connectivity index (χ4v) is 3.47. The van der Waals surface area contributed by atoms with E-state index in [1.807, 2.05) is 0 Å². The normalized spacial score (nSPS) is 20.5. The number of carbonyl (C=O) groups excluding carboxylic acids is 1. The molecule has 1 aliphatic rings. The SMILES string of the molecule is Cc1ccccc1S(=O)(=O)NC1CCCNC1=O. The molecular weight excluding hydrogens is 252 g/mol. The zero-order chi connectivity index (χ0) is 13.2. The van der Waals surface area contributed by atoms with Gasteiger partial charge in [-0.2, -0.15) is 4.72 Å². The second-order valence-corrected chi connectivity index (χ2v) is 6.06. The van der Waals surface area contributed by atoms with Crippen LogP contribution in [0.2, 0.25) is 0 Å². The van der Waals surface area contributed by atoms with Crippen molar-refractivity contribution < 1.29 is 13.2 Å². The predicted molar refractivity (Wildman–Crippen MR) is 67.5 cm³/mol. The smallest absolute Gasteiger partial charge is 0.241 e. The molecule has 0 aliphatic carbocycles. The third-order valence-corrected chi connectivity index (χ3v) is 4.60. The third kappa shape index (κ3) is 2.70. The molecule has 1 fully saturated rings. The molecule has 0 radical (unpaired) electrons. The molecule has 1 aliphatic heterocycles. The number of carbonyl (C=O) groups is 1. The number of piperidine rings is 1. The Labute approximate surface area is 107 Å². The van der Waals surface area contributed by atoms with Crippen LogP contribution in [0.5, 0.6) is 0 Å². The monoisotopic (exact) mass is 268 g/mol. The molecule has 1 aromatic rings. The van der Waals surface area contributed by atoms with E-state index in [1.54, 1.807) is 31.2 Å². The Balaban J connectivity index is 2.22. The van der Waals surface area contributed by atoms with Gasteiger partial charge in [0.05, 0.1) is 4.90 Å². The van der Waals surface area contributed by atoms with E-state index in [0.717, 1.165) is 6.42 Å². The van der Waals surface area contributed by atoms with Gasteiger partial charge in [0.1, 0.15) is 6.04 Å². The zero-order valence-electron chi connectivity index (χ0n) is 10.1. The first-order valence-electron chi connectivity index (χ1n) is 5.86. The molecular formula is C12H16N2O3S. The quantitative estimate of drug-likeness (QED) is 0.840. The molecule has 1 atom stereocenters. The predicted octanol–water partition coefficient (Wildman–Crippen LogP) is 0.552. The van der Waals surface area contributed by atoms with Crippen molar-refractivity contribution >= 4 is 15.9 Å². The van der Waals surface area contributed by atoms with Gasteiger partial charge in [-0.15, -0.1) is 0 Å². The van der Waals surface area contributed by atoms with Gasteiger partial charge in [0.2, 0.25) is 15.9 Å². The van der Waals surface area contributed by atoms with Gasteiger partial charge in [-0.1, -0.05) is 18.2 Å². The standard InChI is InChI=1S/C12H16N2O3S/c1-9-5-2-3-7-11(9)18(16,17)14-10-6-4-8-13-12(10)15/h2-3,5,7,10,14H,4,6,8H2,1H3,(H,13,15). The fraction of sp³-hybridized carbons (Fsp3) is 0.417. The van der Waals surface area contributed by atoms with Gasteiger partial charge in [-0.3, -0.25) is 4.79 Å². The minimum atomic E-state index is -3.63. The molecule has 0 saturated carbocycles.